The van der Waals surface area contributed by atoms with E-state index in [4.69, 9.17) is 9.47 Å². The molecule has 1 heterocycles. The van der Waals surface area contributed by atoms with Gasteiger partial charge in [0.05, 0.1) is 6.61 Å². The maximum absolute atomic E-state index is 12.2. The van der Waals surface area contributed by atoms with E-state index in [1.807, 2.05) is 54.6 Å². The zero-order chi connectivity index (χ0) is 20.6. The molecule has 0 unspecified atom stereocenters. The molecule has 1 aromatic heterocycles. The van der Waals surface area contributed by atoms with Crippen LogP contribution < -0.4 is 10.2 Å². The zero-order valence-electron chi connectivity index (χ0n) is 15.9. The molecule has 6 heteroatoms. The minimum Gasteiger partial charge on any atom is -0.488 e. The molecule has 0 fully saturated rings. The highest BCUT2D eigenvalue weighted by Crippen LogP contribution is 2.26. The van der Waals surface area contributed by atoms with E-state index in [1.165, 1.54) is 12.3 Å². The number of halogens is 1. The fourth-order valence-corrected chi connectivity index (χ4v) is 3.03. The number of hydrogen-bond donors (Lipinski definition) is 1. The van der Waals surface area contributed by atoms with Crippen molar-refractivity contribution in [2.24, 2.45) is 0 Å². The molecule has 3 aromatic rings. The summed E-state index contributed by atoms with van der Waals surface area (Å²) < 4.78 is 11.7. The van der Waals surface area contributed by atoms with Crippen LogP contribution in [0.5, 0.6) is 5.75 Å². The molecule has 5 nitrogen and oxygen atoms in total. The Morgan fingerprint density at radius 3 is 2.62 bits per heavy atom. The van der Waals surface area contributed by atoms with E-state index in [1.54, 1.807) is 13.0 Å². The fraction of sp³-hybridized carbons (Fsp3) is 0.130. The molecule has 0 atom stereocenters. The van der Waals surface area contributed by atoms with Crippen molar-refractivity contribution in [3.05, 3.63) is 97.9 Å². The van der Waals surface area contributed by atoms with Crippen LogP contribution in [-0.4, -0.2) is 17.6 Å². The third kappa shape index (κ3) is 5.68. The van der Waals surface area contributed by atoms with Gasteiger partial charge in [-0.15, -0.1) is 0 Å². The van der Waals surface area contributed by atoms with Gasteiger partial charge < -0.3 is 14.5 Å². The van der Waals surface area contributed by atoms with Crippen molar-refractivity contribution in [1.82, 2.24) is 4.98 Å². The highest BCUT2D eigenvalue weighted by molar-refractivity contribution is 9.10. The number of esters is 1. The topological polar surface area (TPSA) is 68.4 Å². The first-order chi connectivity index (χ1) is 14.1. The van der Waals surface area contributed by atoms with Gasteiger partial charge in [-0.05, 0) is 42.8 Å². The Kier molecular flexibility index (Phi) is 7.03. The van der Waals surface area contributed by atoms with Crippen LogP contribution in [0.1, 0.15) is 34.1 Å². The van der Waals surface area contributed by atoms with Gasteiger partial charge in [-0.2, -0.15) is 0 Å². The Hall–Kier alpha value is -3.12. The largest absolute Gasteiger partial charge is 0.488 e. The number of carbonyl (C=O) groups is 1. The smallest absolute Gasteiger partial charge is 0.343 e. The third-order valence-electron chi connectivity index (χ3n) is 4.08. The van der Waals surface area contributed by atoms with Gasteiger partial charge in [0.2, 0.25) is 0 Å². The molecule has 3 rings (SSSR count). The van der Waals surface area contributed by atoms with Crippen LogP contribution in [0.15, 0.2) is 70.1 Å². The highest BCUT2D eigenvalue weighted by atomic mass is 79.9. The lowest BCUT2D eigenvalue weighted by atomic mass is 10.1. The molecule has 0 bridgehead atoms. The minimum absolute atomic E-state index is 0.0154. The predicted octanol–water partition coefficient (Wildman–Crippen LogP) is 5.06. The number of aromatic amines is 1. The van der Waals surface area contributed by atoms with Gasteiger partial charge in [-0.3, -0.25) is 4.79 Å². The monoisotopic (exact) mass is 453 g/mol. The van der Waals surface area contributed by atoms with E-state index in [-0.39, 0.29) is 12.2 Å². The molecule has 0 saturated carbocycles. The molecular weight excluding hydrogens is 434 g/mol. The van der Waals surface area contributed by atoms with Crippen molar-refractivity contribution in [3.63, 3.8) is 0 Å². The quantitative estimate of drug-likeness (QED) is 0.507. The Balaban J connectivity index is 1.79. The summed E-state index contributed by atoms with van der Waals surface area (Å²) in [4.78, 5) is 26.8. The molecule has 0 saturated heterocycles. The number of pyridine rings is 1. The average molecular weight is 454 g/mol. The van der Waals surface area contributed by atoms with Crippen LogP contribution in [0.25, 0.3) is 12.2 Å². The van der Waals surface area contributed by atoms with Gasteiger partial charge in [0.1, 0.15) is 17.9 Å². The summed E-state index contributed by atoms with van der Waals surface area (Å²) >= 11 is 3.47. The third-order valence-corrected chi connectivity index (χ3v) is 4.58. The number of aromatic nitrogens is 1. The van der Waals surface area contributed by atoms with Crippen LogP contribution in [0, 0.1) is 0 Å². The number of ether oxygens (including phenoxy) is 2. The van der Waals surface area contributed by atoms with Crippen molar-refractivity contribution in [2.75, 3.05) is 6.61 Å². The van der Waals surface area contributed by atoms with Gasteiger partial charge in [-0.25, -0.2) is 4.79 Å². The molecule has 1 N–H and O–H groups in total. The summed E-state index contributed by atoms with van der Waals surface area (Å²) in [6, 6.07) is 17.0. The second-order valence-electron chi connectivity index (χ2n) is 6.18. The number of carbonyl (C=O) groups excluding carboxylic acids is 1. The van der Waals surface area contributed by atoms with Crippen molar-refractivity contribution in [1.29, 1.82) is 0 Å². The normalized spacial score (nSPS) is 10.8. The van der Waals surface area contributed by atoms with Gasteiger partial charge in [-0.1, -0.05) is 46.3 Å². The molecule has 0 aliphatic carbocycles. The Bertz CT molecular complexity index is 1070. The van der Waals surface area contributed by atoms with Crippen molar-refractivity contribution in [3.8, 4) is 5.75 Å². The first kappa shape index (κ1) is 20.6. The van der Waals surface area contributed by atoms with Crippen molar-refractivity contribution >= 4 is 34.1 Å². The fourth-order valence-electron chi connectivity index (χ4n) is 2.65. The van der Waals surface area contributed by atoms with Gasteiger partial charge in [0.15, 0.2) is 5.43 Å². The van der Waals surface area contributed by atoms with E-state index in [0.717, 1.165) is 21.3 Å². The summed E-state index contributed by atoms with van der Waals surface area (Å²) in [6.45, 7) is 2.36. The Morgan fingerprint density at radius 2 is 1.90 bits per heavy atom. The first-order valence-electron chi connectivity index (χ1n) is 9.11. The lowest BCUT2D eigenvalue weighted by Crippen LogP contribution is -2.17. The standard InChI is InChI=1S/C23H20BrNO4/c1-2-28-23(27)20-14-25-19(13-21(20)26)10-8-17-12-18(24)9-11-22(17)29-15-16-6-4-3-5-7-16/h3-14H,2,15H2,1H3,(H,25,26)/b10-8+. The Morgan fingerprint density at radius 1 is 1.10 bits per heavy atom. The van der Waals surface area contributed by atoms with Crippen LogP contribution in [0.4, 0.5) is 0 Å². The summed E-state index contributed by atoms with van der Waals surface area (Å²) in [5.74, 6) is 0.0895. The van der Waals surface area contributed by atoms with E-state index < -0.39 is 11.4 Å². The number of rotatable bonds is 7. The molecule has 0 aliphatic heterocycles. The number of H-pyrrole nitrogens is 1. The lowest BCUT2D eigenvalue weighted by molar-refractivity contribution is 0.0524. The number of nitrogens with one attached hydrogen (secondary N) is 1. The maximum atomic E-state index is 12.2. The van der Waals surface area contributed by atoms with E-state index in [9.17, 15) is 9.59 Å². The summed E-state index contributed by atoms with van der Waals surface area (Å²) in [7, 11) is 0. The molecule has 29 heavy (non-hydrogen) atoms. The molecule has 0 radical (unpaired) electrons. The number of benzene rings is 2. The van der Waals surface area contributed by atoms with Gasteiger partial charge in [0.25, 0.3) is 0 Å². The summed E-state index contributed by atoms with van der Waals surface area (Å²) in [5.41, 5.74) is 2.09. The van der Waals surface area contributed by atoms with Gasteiger partial charge >= 0.3 is 5.97 Å². The van der Waals surface area contributed by atoms with Crippen LogP contribution >= 0.6 is 15.9 Å². The second kappa shape index (κ2) is 9.89. The van der Waals surface area contributed by atoms with Crippen LogP contribution in [0.2, 0.25) is 0 Å². The molecule has 0 amide bonds. The number of hydrogen-bond acceptors (Lipinski definition) is 4. The maximum Gasteiger partial charge on any atom is 0.343 e. The predicted molar refractivity (Wildman–Crippen MR) is 117 cm³/mol. The SMILES string of the molecule is CCOC(=O)c1c[nH]c(/C=C/c2cc(Br)ccc2OCc2ccccc2)cc1=O. The first-order valence-corrected chi connectivity index (χ1v) is 9.90. The second-order valence-corrected chi connectivity index (χ2v) is 7.09. The van der Waals surface area contributed by atoms with Gasteiger partial charge in [0, 0.05) is 28.0 Å². The van der Waals surface area contributed by atoms with Crippen molar-refractivity contribution in [2.45, 2.75) is 13.5 Å². The van der Waals surface area contributed by atoms with E-state index in [0.29, 0.717) is 12.3 Å². The van der Waals surface area contributed by atoms with Crippen LogP contribution in [-0.2, 0) is 11.3 Å². The summed E-state index contributed by atoms with van der Waals surface area (Å²) in [5, 5.41) is 0. The molecule has 2 aromatic carbocycles. The average Bonchev–Trinajstić information content (AvgIpc) is 2.72. The molecule has 0 spiro atoms. The highest BCUT2D eigenvalue weighted by Gasteiger charge is 2.11. The minimum atomic E-state index is -0.632. The van der Waals surface area contributed by atoms with Crippen molar-refractivity contribution < 1.29 is 14.3 Å². The molecule has 0 aliphatic rings. The Labute approximate surface area is 177 Å². The lowest BCUT2D eigenvalue weighted by Gasteiger charge is -2.10. The molecular formula is C23H20BrNO4. The zero-order valence-corrected chi connectivity index (χ0v) is 17.4. The van der Waals surface area contributed by atoms with Crippen LogP contribution in [0.3, 0.4) is 0 Å². The van der Waals surface area contributed by atoms with E-state index >= 15 is 0 Å². The molecule has 148 valence electrons. The van der Waals surface area contributed by atoms with E-state index in [2.05, 4.69) is 20.9 Å². The summed E-state index contributed by atoms with van der Waals surface area (Å²) in [6.07, 6.45) is 4.97.